The molecule has 0 saturated heterocycles. The van der Waals surface area contributed by atoms with Gasteiger partial charge in [-0.1, -0.05) is 48.0 Å². The molecule has 0 heterocycles. The van der Waals surface area contributed by atoms with E-state index in [-0.39, 0.29) is 13.1 Å². The van der Waals surface area contributed by atoms with Crippen molar-refractivity contribution < 1.29 is 13.2 Å². The first-order valence-electron chi connectivity index (χ1n) is 7.31. The van der Waals surface area contributed by atoms with E-state index in [1.54, 1.807) is 36.4 Å². The fraction of sp³-hybridized carbons (Fsp3) is 0.235. The van der Waals surface area contributed by atoms with Crippen LogP contribution in [-0.2, 0) is 21.4 Å². The van der Waals surface area contributed by atoms with E-state index >= 15 is 0 Å². The van der Waals surface area contributed by atoms with E-state index in [2.05, 4.69) is 5.32 Å². The van der Waals surface area contributed by atoms with E-state index in [0.717, 1.165) is 16.1 Å². The molecule has 2 rings (SSSR count). The SMILES string of the molecule is Cc1ccccc1NC(=O)CN(Cc1ccccc1Cl)S(C)(=O)=O. The number of benzene rings is 2. The van der Waals surface area contributed by atoms with E-state index in [1.165, 1.54) is 0 Å². The Kier molecular flexibility index (Phi) is 5.99. The number of amides is 1. The number of para-hydroxylation sites is 1. The second kappa shape index (κ2) is 7.79. The summed E-state index contributed by atoms with van der Waals surface area (Å²) in [5.74, 6) is -0.401. The number of nitrogens with one attached hydrogen (secondary N) is 1. The number of anilines is 1. The summed E-state index contributed by atoms with van der Waals surface area (Å²) >= 11 is 6.08. The summed E-state index contributed by atoms with van der Waals surface area (Å²) < 4.78 is 25.1. The summed E-state index contributed by atoms with van der Waals surface area (Å²) in [5.41, 5.74) is 2.21. The molecule has 0 unspecified atom stereocenters. The first-order valence-corrected chi connectivity index (χ1v) is 9.54. The second-order valence-corrected chi connectivity index (χ2v) is 7.88. The molecule has 0 aliphatic rings. The van der Waals surface area contributed by atoms with Crippen molar-refractivity contribution in [1.82, 2.24) is 4.31 Å². The van der Waals surface area contributed by atoms with Crippen LogP contribution in [0.25, 0.3) is 0 Å². The molecule has 0 bridgehead atoms. The lowest BCUT2D eigenvalue weighted by Gasteiger charge is -2.20. The zero-order valence-corrected chi connectivity index (χ0v) is 15.1. The van der Waals surface area contributed by atoms with Gasteiger partial charge in [0.25, 0.3) is 0 Å². The number of hydrogen-bond acceptors (Lipinski definition) is 3. The fourth-order valence-corrected chi connectivity index (χ4v) is 3.09. The standard InChI is InChI=1S/C17H19ClN2O3S/c1-13-7-3-6-10-16(13)19-17(21)12-20(24(2,22)23)11-14-8-4-5-9-15(14)18/h3-10H,11-12H2,1-2H3,(H,19,21). The van der Waals surface area contributed by atoms with Crippen LogP contribution in [0, 0.1) is 6.92 Å². The Labute approximate surface area is 147 Å². The van der Waals surface area contributed by atoms with Crippen LogP contribution in [0.3, 0.4) is 0 Å². The molecule has 0 aromatic heterocycles. The maximum Gasteiger partial charge on any atom is 0.239 e. The molecule has 2 aromatic carbocycles. The van der Waals surface area contributed by atoms with Crippen LogP contribution < -0.4 is 5.32 Å². The Bertz CT molecular complexity index is 837. The lowest BCUT2D eigenvalue weighted by atomic mass is 10.2. The molecule has 128 valence electrons. The Morgan fingerprint density at radius 3 is 2.38 bits per heavy atom. The summed E-state index contributed by atoms with van der Waals surface area (Å²) in [5, 5.41) is 3.20. The predicted octanol–water partition coefficient (Wildman–Crippen LogP) is 3.05. The molecule has 0 spiro atoms. The van der Waals surface area contributed by atoms with Gasteiger partial charge in [-0.2, -0.15) is 4.31 Å². The molecular weight excluding hydrogens is 348 g/mol. The Balaban J connectivity index is 2.14. The van der Waals surface area contributed by atoms with Gasteiger partial charge in [0.05, 0.1) is 12.8 Å². The number of nitrogens with zero attached hydrogens (tertiary/aromatic N) is 1. The minimum Gasteiger partial charge on any atom is -0.325 e. The highest BCUT2D eigenvalue weighted by Crippen LogP contribution is 2.19. The van der Waals surface area contributed by atoms with Crippen LogP contribution in [0.5, 0.6) is 0 Å². The van der Waals surface area contributed by atoms with E-state index in [1.807, 2.05) is 19.1 Å². The van der Waals surface area contributed by atoms with Crippen molar-refractivity contribution in [2.45, 2.75) is 13.5 Å². The van der Waals surface area contributed by atoms with Crippen molar-refractivity contribution >= 4 is 33.2 Å². The van der Waals surface area contributed by atoms with Gasteiger partial charge in [-0.3, -0.25) is 4.79 Å². The minimum atomic E-state index is -3.56. The zero-order valence-electron chi connectivity index (χ0n) is 13.5. The van der Waals surface area contributed by atoms with Crippen molar-refractivity contribution in [1.29, 1.82) is 0 Å². The van der Waals surface area contributed by atoms with E-state index in [4.69, 9.17) is 11.6 Å². The molecule has 0 fully saturated rings. The summed E-state index contributed by atoms with van der Waals surface area (Å²) in [6.07, 6.45) is 1.07. The van der Waals surface area contributed by atoms with Crippen LogP contribution in [0.2, 0.25) is 5.02 Å². The van der Waals surface area contributed by atoms with Gasteiger partial charge in [0, 0.05) is 17.3 Å². The molecule has 0 saturated carbocycles. The van der Waals surface area contributed by atoms with Gasteiger partial charge in [0.2, 0.25) is 15.9 Å². The number of carbonyl (C=O) groups is 1. The molecule has 5 nitrogen and oxygen atoms in total. The zero-order chi connectivity index (χ0) is 17.7. The fourth-order valence-electron chi connectivity index (χ4n) is 2.17. The monoisotopic (exact) mass is 366 g/mol. The number of carbonyl (C=O) groups excluding carboxylic acids is 1. The number of hydrogen-bond donors (Lipinski definition) is 1. The third-order valence-electron chi connectivity index (χ3n) is 3.51. The average Bonchev–Trinajstić information content (AvgIpc) is 2.50. The second-order valence-electron chi connectivity index (χ2n) is 5.49. The van der Waals surface area contributed by atoms with Crippen molar-refractivity contribution in [2.24, 2.45) is 0 Å². The van der Waals surface area contributed by atoms with Crippen molar-refractivity contribution in [3.63, 3.8) is 0 Å². The molecule has 2 aromatic rings. The molecule has 0 aliphatic heterocycles. The van der Waals surface area contributed by atoms with Crippen molar-refractivity contribution in [3.05, 3.63) is 64.7 Å². The number of aryl methyl sites for hydroxylation is 1. The van der Waals surface area contributed by atoms with Crippen LogP contribution in [0.15, 0.2) is 48.5 Å². The minimum absolute atomic E-state index is 0.0414. The molecular formula is C17H19ClN2O3S. The van der Waals surface area contributed by atoms with Gasteiger partial charge in [-0.15, -0.1) is 0 Å². The maximum atomic E-state index is 12.2. The number of halogens is 1. The molecule has 24 heavy (non-hydrogen) atoms. The van der Waals surface area contributed by atoms with Crippen molar-refractivity contribution in [2.75, 3.05) is 18.1 Å². The molecule has 0 radical (unpaired) electrons. The molecule has 1 N–H and O–H groups in total. The predicted molar refractivity (Wildman–Crippen MR) is 96.5 cm³/mol. The van der Waals surface area contributed by atoms with E-state index < -0.39 is 15.9 Å². The van der Waals surface area contributed by atoms with Crippen LogP contribution in [0.4, 0.5) is 5.69 Å². The maximum absolute atomic E-state index is 12.2. The Hall–Kier alpha value is -1.89. The summed E-state index contributed by atoms with van der Waals surface area (Å²) in [6, 6.07) is 14.3. The Morgan fingerprint density at radius 1 is 1.12 bits per heavy atom. The largest absolute Gasteiger partial charge is 0.325 e. The highest BCUT2D eigenvalue weighted by atomic mass is 35.5. The molecule has 1 amide bonds. The van der Waals surface area contributed by atoms with Gasteiger partial charge in [-0.05, 0) is 30.2 Å². The third kappa shape index (κ3) is 5.06. The van der Waals surface area contributed by atoms with Crippen LogP contribution in [-0.4, -0.2) is 31.4 Å². The summed E-state index contributed by atoms with van der Waals surface area (Å²) in [4.78, 5) is 12.2. The first kappa shape index (κ1) is 18.4. The number of rotatable bonds is 6. The molecule has 7 heteroatoms. The first-order chi connectivity index (χ1) is 11.3. The van der Waals surface area contributed by atoms with E-state index in [0.29, 0.717) is 16.3 Å². The summed E-state index contributed by atoms with van der Waals surface area (Å²) in [7, 11) is -3.56. The van der Waals surface area contributed by atoms with Gasteiger partial charge >= 0.3 is 0 Å². The van der Waals surface area contributed by atoms with E-state index in [9.17, 15) is 13.2 Å². The highest BCUT2D eigenvalue weighted by Gasteiger charge is 2.21. The van der Waals surface area contributed by atoms with Gasteiger partial charge in [-0.25, -0.2) is 8.42 Å². The van der Waals surface area contributed by atoms with Crippen molar-refractivity contribution in [3.8, 4) is 0 Å². The third-order valence-corrected chi connectivity index (χ3v) is 5.08. The van der Waals surface area contributed by atoms with Crippen LogP contribution >= 0.6 is 11.6 Å². The lowest BCUT2D eigenvalue weighted by molar-refractivity contribution is -0.116. The quantitative estimate of drug-likeness (QED) is 0.854. The van der Waals surface area contributed by atoms with Gasteiger partial charge in [0.1, 0.15) is 0 Å². The Morgan fingerprint density at radius 2 is 1.75 bits per heavy atom. The number of sulfonamides is 1. The molecule has 0 atom stereocenters. The topological polar surface area (TPSA) is 66.5 Å². The molecule has 0 aliphatic carbocycles. The smallest absolute Gasteiger partial charge is 0.239 e. The highest BCUT2D eigenvalue weighted by molar-refractivity contribution is 7.88. The normalized spacial score (nSPS) is 11.5. The summed E-state index contributed by atoms with van der Waals surface area (Å²) in [6.45, 7) is 1.63. The van der Waals surface area contributed by atoms with Crippen LogP contribution in [0.1, 0.15) is 11.1 Å². The lowest BCUT2D eigenvalue weighted by Crippen LogP contribution is -2.37. The van der Waals surface area contributed by atoms with Gasteiger partial charge in [0.15, 0.2) is 0 Å². The average molecular weight is 367 g/mol. The van der Waals surface area contributed by atoms with Gasteiger partial charge < -0.3 is 5.32 Å².